The van der Waals surface area contributed by atoms with Crippen LogP contribution in [0.15, 0.2) is 78.9 Å². The monoisotopic (exact) mass is 479 g/mol. The Morgan fingerprint density at radius 1 is 0.917 bits per heavy atom. The molecule has 1 aliphatic carbocycles. The van der Waals surface area contributed by atoms with Gasteiger partial charge < -0.3 is 14.4 Å². The summed E-state index contributed by atoms with van der Waals surface area (Å²) in [6.45, 7) is 1.95. The molecule has 3 aromatic carbocycles. The Labute approximate surface area is 209 Å². The molecular formula is C30H25NO5. The van der Waals surface area contributed by atoms with E-state index in [1.165, 1.54) is 0 Å². The number of ether oxygens (including phenoxy) is 2. The third kappa shape index (κ3) is 2.81. The second-order valence-electron chi connectivity index (χ2n) is 9.29. The predicted octanol–water partition coefficient (Wildman–Crippen LogP) is 4.69. The van der Waals surface area contributed by atoms with Gasteiger partial charge in [-0.15, -0.1) is 0 Å². The number of hydrogen-bond acceptors (Lipinski definition) is 6. The smallest absolute Gasteiger partial charge is 0.329 e. The van der Waals surface area contributed by atoms with Gasteiger partial charge in [0.1, 0.15) is 17.2 Å². The summed E-state index contributed by atoms with van der Waals surface area (Å²) in [6, 6.07) is 20.4. The predicted molar refractivity (Wildman–Crippen MR) is 135 cm³/mol. The van der Waals surface area contributed by atoms with Crippen LogP contribution in [-0.2, 0) is 9.53 Å². The van der Waals surface area contributed by atoms with Gasteiger partial charge in [0.05, 0.1) is 19.8 Å². The van der Waals surface area contributed by atoms with E-state index in [0.717, 1.165) is 11.3 Å². The number of anilines is 1. The van der Waals surface area contributed by atoms with E-state index in [0.29, 0.717) is 22.4 Å². The summed E-state index contributed by atoms with van der Waals surface area (Å²) in [5.74, 6) is -1.09. The van der Waals surface area contributed by atoms with Crippen molar-refractivity contribution in [2.45, 2.75) is 24.9 Å². The summed E-state index contributed by atoms with van der Waals surface area (Å²) in [5, 5.41) is 0. The van der Waals surface area contributed by atoms with Gasteiger partial charge in [-0.2, -0.15) is 0 Å². The molecule has 1 saturated heterocycles. The third-order valence-corrected chi connectivity index (χ3v) is 7.72. The number of rotatable bonds is 4. The van der Waals surface area contributed by atoms with E-state index in [9.17, 15) is 14.4 Å². The van der Waals surface area contributed by atoms with E-state index in [1.54, 1.807) is 50.4 Å². The lowest BCUT2D eigenvalue weighted by Gasteiger charge is -2.36. The first kappa shape index (κ1) is 22.3. The van der Waals surface area contributed by atoms with E-state index in [-0.39, 0.29) is 18.2 Å². The molecule has 2 heterocycles. The Balaban J connectivity index is 1.66. The van der Waals surface area contributed by atoms with E-state index < -0.39 is 29.4 Å². The fraction of sp³-hybridized carbons (Fsp3) is 0.233. The molecule has 36 heavy (non-hydrogen) atoms. The highest BCUT2D eigenvalue weighted by molar-refractivity contribution is 6.32. The molecule has 6 rings (SSSR count). The molecule has 0 amide bonds. The number of carbonyl (C=O) groups is 3. The molecule has 2 aliphatic heterocycles. The number of hydrogen-bond donors (Lipinski definition) is 0. The summed E-state index contributed by atoms with van der Waals surface area (Å²) in [7, 11) is 1.58. The van der Waals surface area contributed by atoms with Gasteiger partial charge in [-0.25, -0.2) is 4.79 Å². The van der Waals surface area contributed by atoms with Gasteiger partial charge in [-0.1, -0.05) is 66.7 Å². The van der Waals surface area contributed by atoms with Crippen LogP contribution in [0.25, 0.3) is 6.08 Å². The summed E-state index contributed by atoms with van der Waals surface area (Å²) in [5.41, 5.74) is 1.72. The van der Waals surface area contributed by atoms with Crippen molar-refractivity contribution in [2.24, 2.45) is 5.41 Å². The first-order valence-electron chi connectivity index (χ1n) is 12.1. The Morgan fingerprint density at radius 2 is 1.56 bits per heavy atom. The average Bonchev–Trinajstić information content (AvgIpc) is 3.35. The van der Waals surface area contributed by atoms with Crippen LogP contribution in [-0.4, -0.2) is 43.3 Å². The van der Waals surface area contributed by atoms with E-state index >= 15 is 0 Å². The number of methoxy groups -OCH3 is 1. The van der Waals surface area contributed by atoms with Crippen LogP contribution in [0.1, 0.15) is 44.7 Å². The van der Waals surface area contributed by atoms with E-state index in [2.05, 4.69) is 0 Å². The zero-order valence-electron chi connectivity index (χ0n) is 20.0. The standard InChI is InChI=1S/C30H25NO5/c1-3-36-29(34)26-25(19-12-15-20(35-2)16-13-19)30(27(32)21-9-5-6-10-22(21)28(30)33)24-17-14-18-8-4-7-11-23(18)31(24)26/h4-17,24-26H,3H2,1-2H3/t24?,25-,26+/m1/s1. The lowest BCUT2D eigenvalue weighted by Crippen LogP contribution is -2.48. The van der Waals surface area contributed by atoms with Gasteiger partial charge in [0.2, 0.25) is 0 Å². The number of nitrogens with zero attached hydrogens (tertiary/aromatic N) is 1. The van der Waals surface area contributed by atoms with Crippen molar-refractivity contribution in [3.05, 3.63) is 101 Å². The number of esters is 1. The number of carbonyl (C=O) groups excluding carboxylic acids is 3. The molecule has 0 aromatic heterocycles. The molecule has 3 atom stereocenters. The molecule has 3 aliphatic rings. The van der Waals surface area contributed by atoms with Crippen LogP contribution in [0.2, 0.25) is 0 Å². The van der Waals surface area contributed by atoms with Crippen LogP contribution in [0.4, 0.5) is 5.69 Å². The minimum absolute atomic E-state index is 0.190. The van der Waals surface area contributed by atoms with Crippen LogP contribution in [0.5, 0.6) is 5.75 Å². The average molecular weight is 480 g/mol. The van der Waals surface area contributed by atoms with Gasteiger partial charge >= 0.3 is 5.97 Å². The zero-order chi connectivity index (χ0) is 25.0. The summed E-state index contributed by atoms with van der Waals surface area (Å²) < 4.78 is 10.9. The maximum Gasteiger partial charge on any atom is 0.329 e. The largest absolute Gasteiger partial charge is 0.497 e. The molecular weight excluding hydrogens is 454 g/mol. The lowest BCUT2D eigenvalue weighted by molar-refractivity contribution is -0.145. The number of para-hydroxylation sites is 1. The van der Waals surface area contributed by atoms with Crippen molar-refractivity contribution >= 4 is 29.3 Å². The molecule has 0 saturated carbocycles. The van der Waals surface area contributed by atoms with Crippen molar-refractivity contribution in [3.63, 3.8) is 0 Å². The minimum atomic E-state index is -1.51. The summed E-state index contributed by atoms with van der Waals surface area (Å²) >= 11 is 0. The molecule has 180 valence electrons. The highest BCUT2D eigenvalue weighted by atomic mass is 16.5. The first-order chi connectivity index (χ1) is 17.5. The lowest BCUT2D eigenvalue weighted by atomic mass is 9.65. The molecule has 1 spiro atoms. The molecule has 1 unspecified atom stereocenters. The van der Waals surface area contributed by atoms with Gasteiger partial charge in [-0.05, 0) is 36.2 Å². The molecule has 0 bridgehead atoms. The Kier molecular flexibility index (Phi) is 5.07. The Morgan fingerprint density at radius 3 is 2.19 bits per heavy atom. The van der Waals surface area contributed by atoms with E-state index in [1.807, 2.05) is 53.5 Å². The van der Waals surface area contributed by atoms with Gasteiger partial charge in [0.15, 0.2) is 11.6 Å². The zero-order valence-corrected chi connectivity index (χ0v) is 20.0. The van der Waals surface area contributed by atoms with Crippen molar-refractivity contribution < 1.29 is 23.9 Å². The third-order valence-electron chi connectivity index (χ3n) is 7.72. The fourth-order valence-corrected chi connectivity index (χ4v) is 6.30. The maximum absolute atomic E-state index is 14.4. The minimum Gasteiger partial charge on any atom is -0.497 e. The van der Waals surface area contributed by atoms with Crippen LogP contribution in [0, 0.1) is 5.41 Å². The molecule has 6 heteroatoms. The van der Waals surface area contributed by atoms with Crippen LogP contribution < -0.4 is 9.64 Å². The van der Waals surface area contributed by atoms with Crippen LogP contribution >= 0.6 is 0 Å². The number of Topliss-reactive ketones (excluding diaryl/α,β-unsaturated/α-hetero) is 2. The topological polar surface area (TPSA) is 72.9 Å². The fourth-order valence-electron chi connectivity index (χ4n) is 6.30. The van der Waals surface area contributed by atoms with Gasteiger partial charge in [-0.3, -0.25) is 9.59 Å². The summed E-state index contributed by atoms with van der Waals surface area (Å²) in [4.78, 5) is 44.4. The molecule has 3 aromatic rings. The SMILES string of the molecule is CCOC(=O)[C@@H]1[C@@H](c2ccc(OC)cc2)C2(C(=O)c3ccccc3C2=O)C2C=Cc3ccccc3N21. The van der Waals surface area contributed by atoms with E-state index in [4.69, 9.17) is 9.47 Å². The summed E-state index contributed by atoms with van der Waals surface area (Å²) in [6.07, 6.45) is 3.85. The number of ketones is 2. The maximum atomic E-state index is 14.4. The second kappa shape index (κ2) is 8.19. The Bertz CT molecular complexity index is 1390. The normalized spacial score (nSPS) is 22.8. The highest BCUT2D eigenvalue weighted by Crippen LogP contribution is 2.60. The molecule has 0 radical (unpaired) electrons. The van der Waals surface area contributed by atoms with Gasteiger partial charge in [0.25, 0.3) is 0 Å². The quantitative estimate of drug-likeness (QED) is 0.399. The first-order valence-corrected chi connectivity index (χ1v) is 12.1. The highest BCUT2D eigenvalue weighted by Gasteiger charge is 2.71. The number of fused-ring (bicyclic) bond motifs is 5. The second-order valence-corrected chi connectivity index (χ2v) is 9.29. The van der Waals surface area contributed by atoms with Crippen molar-refractivity contribution in [1.29, 1.82) is 0 Å². The van der Waals surface area contributed by atoms with Crippen molar-refractivity contribution in [3.8, 4) is 5.75 Å². The molecule has 0 N–H and O–H groups in total. The van der Waals surface area contributed by atoms with Gasteiger partial charge in [0, 0.05) is 22.7 Å². The van der Waals surface area contributed by atoms with Crippen molar-refractivity contribution in [2.75, 3.05) is 18.6 Å². The molecule has 1 fully saturated rings. The van der Waals surface area contributed by atoms with Crippen molar-refractivity contribution in [1.82, 2.24) is 0 Å². The molecule has 6 nitrogen and oxygen atoms in total. The van der Waals surface area contributed by atoms with Crippen LogP contribution in [0.3, 0.4) is 0 Å². The number of benzene rings is 3. The Hall–Kier alpha value is -4.19.